The topological polar surface area (TPSA) is 130 Å². The van der Waals surface area contributed by atoms with Crippen LogP contribution in [-0.2, 0) is 24.1 Å². The molecule has 0 aliphatic heterocycles. The van der Waals surface area contributed by atoms with Crippen molar-refractivity contribution < 1.29 is 4.79 Å². The molecule has 32 heavy (non-hydrogen) atoms. The van der Waals surface area contributed by atoms with Crippen LogP contribution < -0.4 is 5.56 Å². The Bertz CT molecular complexity index is 1470. The molecule has 1 N–H and O–H groups in total. The summed E-state index contributed by atoms with van der Waals surface area (Å²) < 4.78 is 1.64. The van der Waals surface area contributed by atoms with Crippen molar-refractivity contribution in [3.8, 4) is 6.07 Å². The minimum Gasteiger partial charge on any atom is -0.308 e. The Morgan fingerprint density at radius 1 is 1.31 bits per heavy atom. The molecule has 0 saturated carbocycles. The van der Waals surface area contributed by atoms with E-state index in [0.717, 1.165) is 48.2 Å². The van der Waals surface area contributed by atoms with Gasteiger partial charge in [0.1, 0.15) is 17.0 Å². The normalized spacial score (nSPS) is 14.4. The second-order valence-electron chi connectivity index (χ2n) is 8.10. The number of hydrogen-bond donors (Lipinski definition) is 1. The average molecular weight is 448 g/mol. The lowest BCUT2D eigenvalue weighted by Gasteiger charge is -2.12. The number of carbonyl (C=O) groups is 1. The molecule has 4 heterocycles. The van der Waals surface area contributed by atoms with E-state index < -0.39 is 5.92 Å². The quantitative estimate of drug-likeness (QED) is 0.498. The van der Waals surface area contributed by atoms with Crippen LogP contribution >= 0.6 is 11.3 Å². The molecule has 0 amide bonds. The Kier molecular flexibility index (Phi) is 5.06. The highest BCUT2D eigenvalue weighted by atomic mass is 32.1. The first kappa shape index (κ1) is 20.5. The summed E-state index contributed by atoms with van der Waals surface area (Å²) in [5.41, 5.74) is 3.36. The summed E-state index contributed by atoms with van der Waals surface area (Å²) in [5.74, 6) is -0.755. The predicted octanol–water partition coefficient (Wildman–Crippen LogP) is 2.73. The second kappa shape index (κ2) is 7.91. The summed E-state index contributed by atoms with van der Waals surface area (Å²) in [7, 11) is 0. The lowest BCUT2D eigenvalue weighted by atomic mass is 9.96. The molecule has 0 aromatic carbocycles. The first-order valence-corrected chi connectivity index (χ1v) is 11.4. The van der Waals surface area contributed by atoms with Crippen molar-refractivity contribution in [2.75, 3.05) is 0 Å². The van der Waals surface area contributed by atoms with Crippen LogP contribution in [0.4, 0.5) is 0 Å². The number of hydrogen-bond acceptors (Lipinski definition) is 8. The van der Waals surface area contributed by atoms with E-state index in [9.17, 15) is 14.9 Å². The van der Waals surface area contributed by atoms with Gasteiger partial charge in [-0.05, 0) is 57.1 Å². The highest BCUT2D eigenvalue weighted by Gasteiger charge is 2.26. The maximum atomic E-state index is 13.0. The van der Waals surface area contributed by atoms with Crippen LogP contribution in [-0.4, -0.2) is 35.3 Å². The summed E-state index contributed by atoms with van der Waals surface area (Å²) in [5, 5.41) is 14.5. The summed E-state index contributed by atoms with van der Waals surface area (Å²) in [4.78, 5) is 43.4. The molecule has 1 unspecified atom stereocenters. The number of rotatable bonds is 5. The largest absolute Gasteiger partial charge is 0.308 e. The monoisotopic (exact) mass is 447 g/mol. The minimum atomic E-state index is -1.12. The van der Waals surface area contributed by atoms with E-state index in [-0.39, 0.29) is 23.6 Å². The Hall–Kier alpha value is -3.45. The van der Waals surface area contributed by atoms with Crippen LogP contribution in [0.15, 0.2) is 11.1 Å². The second-order valence-corrected chi connectivity index (χ2v) is 9.19. The van der Waals surface area contributed by atoms with Crippen LogP contribution in [0.3, 0.4) is 0 Å². The van der Waals surface area contributed by atoms with Crippen LogP contribution in [0.25, 0.3) is 16.0 Å². The number of aromatic amines is 1. The van der Waals surface area contributed by atoms with Crippen LogP contribution in [0.1, 0.15) is 58.4 Å². The average Bonchev–Trinajstić information content (AvgIpc) is 3.38. The van der Waals surface area contributed by atoms with Gasteiger partial charge in [-0.25, -0.2) is 14.5 Å². The Morgan fingerprint density at radius 3 is 2.94 bits per heavy atom. The lowest BCUT2D eigenvalue weighted by molar-refractivity contribution is -0.119. The van der Waals surface area contributed by atoms with Gasteiger partial charge in [0, 0.05) is 22.7 Å². The van der Waals surface area contributed by atoms with Crippen LogP contribution in [0.2, 0.25) is 0 Å². The van der Waals surface area contributed by atoms with Crippen LogP contribution in [0.5, 0.6) is 0 Å². The van der Waals surface area contributed by atoms with E-state index in [1.54, 1.807) is 4.52 Å². The number of nitrogens with zero attached hydrogens (tertiary/aromatic N) is 6. The fraction of sp³-hybridized carbons (Fsp3) is 0.409. The van der Waals surface area contributed by atoms with Crippen molar-refractivity contribution in [2.24, 2.45) is 0 Å². The number of nitriles is 1. The van der Waals surface area contributed by atoms with Crippen molar-refractivity contribution in [2.45, 2.75) is 58.3 Å². The molecule has 1 aliphatic carbocycles. The molecule has 0 saturated heterocycles. The molecule has 10 heteroatoms. The Balaban J connectivity index is 1.43. The van der Waals surface area contributed by atoms with Gasteiger partial charge in [-0.15, -0.1) is 11.3 Å². The third-order valence-electron chi connectivity index (χ3n) is 6.18. The molecule has 0 fully saturated rings. The predicted molar refractivity (Wildman–Crippen MR) is 119 cm³/mol. The molecule has 162 valence electrons. The zero-order chi connectivity index (χ0) is 22.4. The zero-order valence-corrected chi connectivity index (χ0v) is 18.6. The standard InChI is InChI=1S/C22H21N7O2S/c1-11-13(12(2)29-22(26-11)24-10-25-29)7-8-16(30)15(9-23)19-27-20(31)18-14-5-3-4-6-17(14)32-21(18)28-19/h10,15H,3-8H2,1-2H3,(H,27,28,31). The molecule has 1 aliphatic rings. The number of aryl methyl sites for hydroxylation is 4. The Morgan fingerprint density at radius 2 is 2.12 bits per heavy atom. The third kappa shape index (κ3) is 3.29. The number of fused-ring (bicyclic) bond motifs is 4. The van der Waals surface area contributed by atoms with Crippen molar-refractivity contribution in [3.63, 3.8) is 0 Å². The highest BCUT2D eigenvalue weighted by molar-refractivity contribution is 7.18. The third-order valence-corrected chi connectivity index (χ3v) is 7.36. The first-order chi connectivity index (χ1) is 15.5. The van der Waals surface area contributed by atoms with E-state index in [1.165, 1.54) is 22.5 Å². The fourth-order valence-electron chi connectivity index (χ4n) is 4.51. The van der Waals surface area contributed by atoms with E-state index in [1.807, 2.05) is 19.9 Å². The van der Waals surface area contributed by atoms with E-state index >= 15 is 0 Å². The zero-order valence-electron chi connectivity index (χ0n) is 17.8. The highest BCUT2D eigenvalue weighted by Crippen LogP contribution is 2.34. The number of H-pyrrole nitrogens is 1. The van der Waals surface area contributed by atoms with Gasteiger partial charge in [-0.2, -0.15) is 15.3 Å². The van der Waals surface area contributed by atoms with Crippen molar-refractivity contribution in [3.05, 3.63) is 49.9 Å². The van der Waals surface area contributed by atoms with Gasteiger partial charge >= 0.3 is 0 Å². The summed E-state index contributed by atoms with van der Waals surface area (Å²) in [6, 6.07) is 2.04. The summed E-state index contributed by atoms with van der Waals surface area (Å²) in [6.45, 7) is 3.78. The lowest BCUT2D eigenvalue weighted by Crippen LogP contribution is -2.20. The number of Topliss-reactive ketones (excluding diaryl/α,β-unsaturated/α-hetero) is 1. The molecule has 0 radical (unpaired) electrons. The van der Waals surface area contributed by atoms with Gasteiger partial charge in [-0.1, -0.05) is 0 Å². The summed E-state index contributed by atoms with van der Waals surface area (Å²) in [6.07, 6.45) is 5.99. The molecule has 0 spiro atoms. The SMILES string of the molecule is Cc1nc2ncnn2c(C)c1CCC(=O)C(C#N)c1nc2sc3c(c2c(=O)[nH]1)CCCC3. The molecule has 4 aromatic rings. The minimum absolute atomic E-state index is 0.129. The van der Waals surface area contributed by atoms with Crippen LogP contribution in [0, 0.1) is 25.2 Å². The molecule has 5 rings (SSSR count). The van der Waals surface area contributed by atoms with Crippen molar-refractivity contribution in [1.29, 1.82) is 5.26 Å². The first-order valence-electron chi connectivity index (χ1n) is 10.6. The fourth-order valence-corrected chi connectivity index (χ4v) is 5.78. The Labute approximate surface area is 187 Å². The number of ketones is 1. The van der Waals surface area contributed by atoms with Gasteiger partial charge in [0.15, 0.2) is 11.7 Å². The van der Waals surface area contributed by atoms with Gasteiger partial charge < -0.3 is 4.98 Å². The molecule has 4 aromatic heterocycles. The molecular weight excluding hydrogens is 426 g/mol. The van der Waals surface area contributed by atoms with Gasteiger partial charge in [0.25, 0.3) is 11.3 Å². The number of thiophene rings is 1. The number of carbonyl (C=O) groups excluding carboxylic acids is 1. The van der Waals surface area contributed by atoms with E-state index in [4.69, 9.17) is 0 Å². The molecular formula is C22H21N7O2S. The summed E-state index contributed by atoms with van der Waals surface area (Å²) >= 11 is 1.51. The van der Waals surface area contributed by atoms with Crippen molar-refractivity contribution in [1.82, 2.24) is 29.5 Å². The van der Waals surface area contributed by atoms with Crippen molar-refractivity contribution >= 4 is 33.1 Å². The number of aromatic nitrogens is 6. The van der Waals surface area contributed by atoms with Gasteiger partial charge in [0.05, 0.1) is 11.5 Å². The maximum Gasteiger partial charge on any atom is 0.259 e. The molecule has 1 atom stereocenters. The molecule has 9 nitrogen and oxygen atoms in total. The van der Waals surface area contributed by atoms with Gasteiger partial charge in [0.2, 0.25) is 0 Å². The van der Waals surface area contributed by atoms with E-state index in [0.29, 0.717) is 22.4 Å². The smallest absolute Gasteiger partial charge is 0.259 e. The van der Waals surface area contributed by atoms with Gasteiger partial charge in [-0.3, -0.25) is 9.59 Å². The maximum absolute atomic E-state index is 13.0. The molecule has 0 bridgehead atoms. The van der Waals surface area contributed by atoms with E-state index in [2.05, 4.69) is 25.0 Å². The number of nitrogens with one attached hydrogen (secondary N) is 1.